The Balaban J connectivity index is 3.04. The molecule has 9 N–H and O–H groups in total. The number of unbranched alkanes of at least 4 members (excludes halogenated alkanes) is 1. The van der Waals surface area contributed by atoms with E-state index < -0.39 is 60.2 Å². The van der Waals surface area contributed by atoms with Crippen LogP contribution in [0.2, 0.25) is 0 Å². The van der Waals surface area contributed by atoms with Gasteiger partial charge in [-0.05, 0) is 38.3 Å². The average molecular weight is 480 g/mol. The monoisotopic (exact) mass is 479 g/mol. The van der Waals surface area contributed by atoms with Crippen molar-refractivity contribution in [1.29, 1.82) is 0 Å². The van der Waals surface area contributed by atoms with Crippen molar-refractivity contribution in [3.05, 3.63) is 35.9 Å². The van der Waals surface area contributed by atoms with Gasteiger partial charge in [0.1, 0.15) is 18.1 Å². The molecule has 0 heterocycles. The van der Waals surface area contributed by atoms with Crippen molar-refractivity contribution in [2.45, 2.75) is 63.2 Å². The van der Waals surface area contributed by atoms with E-state index in [1.54, 1.807) is 30.3 Å². The predicted octanol–water partition coefficient (Wildman–Crippen LogP) is -1.28. The van der Waals surface area contributed by atoms with Crippen molar-refractivity contribution in [3.63, 3.8) is 0 Å². The second-order valence-electron chi connectivity index (χ2n) is 7.87. The minimum Gasteiger partial charge on any atom is -0.481 e. The molecule has 0 bridgehead atoms. The third-order valence-corrected chi connectivity index (χ3v) is 4.96. The highest BCUT2D eigenvalue weighted by Crippen LogP contribution is 2.07. The lowest BCUT2D eigenvalue weighted by Gasteiger charge is -2.25. The smallest absolute Gasteiger partial charge is 0.325 e. The first-order chi connectivity index (χ1) is 16.0. The lowest BCUT2D eigenvalue weighted by Crippen LogP contribution is -2.57. The van der Waals surface area contributed by atoms with E-state index in [4.69, 9.17) is 21.7 Å². The Morgan fingerprint density at radius 1 is 0.882 bits per heavy atom. The summed E-state index contributed by atoms with van der Waals surface area (Å²) in [5.74, 6) is -4.72. The lowest BCUT2D eigenvalue weighted by atomic mass is 10.0. The van der Waals surface area contributed by atoms with Crippen LogP contribution in [0.25, 0.3) is 0 Å². The van der Waals surface area contributed by atoms with Crippen LogP contribution in [0.1, 0.15) is 38.2 Å². The fourth-order valence-electron chi connectivity index (χ4n) is 3.03. The summed E-state index contributed by atoms with van der Waals surface area (Å²) < 4.78 is 0. The van der Waals surface area contributed by atoms with E-state index in [1.807, 2.05) is 0 Å². The van der Waals surface area contributed by atoms with E-state index in [0.29, 0.717) is 24.9 Å². The molecular weight excluding hydrogens is 446 g/mol. The fourth-order valence-corrected chi connectivity index (χ4v) is 3.03. The zero-order valence-corrected chi connectivity index (χ0v) is 19.0. The van der Waals surface area contributed by atoms with Crippen molar-refractivity contribution in [2.24, 2.45) is 11.5 Å². The number of hydrogen-bond acceptors (Lipinski definition) is 7. The van der Waals surface area contributed by atoms with Gasteiger partial charge in [0.05, 0.1) is 12.5 Å². The average Bonchev–Trinajstić information content (AvgIpc) is 2.77. The van der Waals surface area contributed by atoms with Gasteiger partial charge >= 0.3 is 11.9 Å². The number of carbonyl (C=O) groups excluding carboxylic acids is 3. The fraction of sp³-hybridized carbons (Fsp3) is 0.500. The number of benzene rings is 1. The number of aliphatic carboxylic acids is 2. The topological polar surface area (TPSA) is 214 Å². The zero-order valence-electron chi connectivity index (χ0n) is 19.0. The van der Waals surface area contributed by atoms with Crippen LogP contribution >= 0.6 is 0 Å². The van der Waals surface area contributed by atoms with Gasteiger partial charge in [0.2, 0.25) is 17.7 Å². The minimum atomic E-state index is -1.37. The minimum absolute atomic E-state index is 0.0564. The molecule has 1 aromatic carbocycles. The highest BCUT2D eigenvalue weighted by molar-refractivity contribution is 5.94. The maximum Gasteiger partial charge on any atom is 0.325 e. The molecule has 12 heteroatoms. The van der Waals surface area contributed by atoms with Gasteiger partial charge in [0.15, 0.2) is 0 Å². The van der Waals surface area contributed by atoms with Crippen LogP contribution in [0, 0.1) is 0 Å². The molecule has 0 saturated heterocycles. The van der Waals surface area contributed by atoms with Crippen molar-refractivity contribution in [2.75, 3.05) is 6.54 Å². The number of rotatable bonds is 15. The summed E-state index contributed by atoms with van der Waals surface area (Å²) in [5.41, 5.74) is 11.8. The first kappa shape index (κ1) is 28.5. The summed E-state index contributed by atoms with van der Waals surface area (Å²) in [7, 11) is 0. The zero-order chi connectivity index (χ0) is 25.7. The molecule has 0 fully saturated rings. The number of carboxylic acid groups (broad SMARTS) is 2. The highest BCUT2D eigenvalue weighted by atomic mass is 16.4. The van der Waals surface area contributed by atoms with Gasteiger partial charge in [-0.1, -0.05) is 30.3 Å². The standard InChI is InChI=1S/C22H33N5O7/c1-13(22(33)34)25-20(31)16(9-5-6-10-23)26-21(32)17(11-14-7-3-2-4-8-14)27-19(30)15(24)12-18(28)29/h2-4,7-8,13,15-17H,5-6,9-12,23-24H2,1H3,(H,25,31)(H,26,32)(H,27,30)(H,28,29)(H,33,34). The van der Waals surface area contributed by atoms with Crippen LogP contribution in [-0.4, -0.2) is 70.6 Å². The van der Waals surface area contributed by atoms with Gasteiger partial charge in [-0.2, -0.15) is 0 Å². The summed E-state index contributed by atoms with van der Waals surface area (Å²) in [6.07, 6.45) is 0.715. The molecular formula is C22H33N5O7. The molecule has 12 nitrogen and oxygen atoms in total. The van der Waals surface area contributed by atoms with E-state index in [9.17, 15) is 24.0 Å². The van der Waals surface area contributed by atoms with Gasteiger partial charge in [0, 0.05) is 6.42 Å². The second kappa shape index (κ2) is 14.6. The summed E-state index contributed by atoms with van der Waals surface area (Å²) in [5, 5.41) is 25.3. The number of carboxylic acids is 2. The Labute approximate surface area is 197 Å². The number of hydrogen-bond donors (Lipinski definition) is 7. The Kier molecular flexibility index (Phi) is 12.2. The molecule has 0 aliphatic rings. The van der Waals surface area contributed by atoms with Crippen molar-refractivity contribution in [3.8, 4) is 0 Å². The van der Waals surface area contributed by atoms with E-state index in [2.05, 4.69) is 16.0 Å². The number of nitrogens with one attached hydrogen (secondary N) is 3. The van der Waals surface area contributed by atoms with Crippen LogP contribution in [0.5, 0.6) is 0 Å². The maximum atomic E-state index is 13.1. The lowest BCUT2D eigenvalue weighted by molar-refractivity contribution is -0.141. The molecule has 1 rings (SSSR count). The first-order valence-electron chi connectivity index (χ1n) is 10.9. The first-order valence-corrected chi connectivity index (χ1v) is 10.9. The van der Waals surface area contributed by atoms with Crippen LogP contribution in [0.15, 0.2) is 30.3 Å². The van der Waals surface area contributed by atoms with Crippen LogP contribution in [0.3, 0.4) is 0 Å². The number of carbonyl (C=O) groups is 5. The molecule has 0 aliphatic carbocycles. The summed E-state index contributed by atoms with van der Waals surface area (Å²) in [4.78, 5) is 60.1. The molecule has 1 aromatic rings. The molecule has 0 aromatic heterocycles. The summed E-state index contributed by atoms with van der Waals surface area (Å²) in [6, 6.07) is 3.99. The van der Waals surface area contributed by atoms with E-state index in [-0.39, 0.29) is 12.8 Å². The van der Waals surface area contributed by atoms with Gasteiger partial charge in [-0.15, -0.1) is 0 Å². The summed E-state index contributed by atoms with van der Waals surface area (Å²) in [6.45, 7) is 1.67. The Morgan fingerprint density at radius 2 is 1.47 bits per heavy atom. The van der Waals surface area contributed by atoms with Crippen molar-refractivity contribution < 1.29 is 34.2 Å². The third kappa shape index (κ3) is 10.4. The largest absolute Gasteiger partial charge is 0.481 e. The second-order valence-corrected chi connectivity index (χ2v) is 7.87. The van der Waals surface area contributed by atoms with Gasteiger partial charge < -0.3 is 37.6 Å². The van der Waals surface area contributed by atoms with Crippen molar-refractivity contribution >= 4 is 29.7 Å². The predicted molar refractivity (Wildman–Crippen MR) is 122 cm³/mol. The normalized spacial score (nSPS) is 14.2. The van der Waals surface area contributed by atoms with Crippen molar-refractivity contribution in [1.82, 2.24) is 16.0 Å². The SMILES string of the molecule is CC(NC(=O)C(CCCCN)NC(=O)C(Cc1ccccc1)NC(=O)C(N)CC(=O)O)C(=O)O. The number of nitrogens with two attached hydrogens (primary N) is 2. The van der Waals surface area contributed by atoms with Gasteiger partial charge in [-0.25, -0.2) is 0 Å². The molecule has 188 valence electrons. The van der Waals surface area contributed by atoms with Gasteiger partial charge in [-0.3, -0.25) is 24.0 Å². The molecule has 4 atom stereocenters. The quantitative estimate of drug-likeness (QED) is 0.149. The van der Waals surface area contributed by atoms with E-state index in [1.165, 1.54) is 6.92 Å². The van der Waals surface area contributed by atoms with E-state index >= 15 is 0 Å². The molecule has 3 amide bonds. The highest BCUT2D eigenvalue weighted by Gasteiger charge is 2.29. The molecule has 0 saturated carbocycles. The molecule has 0 aliphatic heterocycles. The molecule has 4 unspecified atom stereocenters. The van der Waals surface area contributed by atoms with Crippen LogP contribution in [-0.2, 0) is 30.4 Å². The molecule has 34 heavy (non-hydrogen) atoms. The molecule has 0 radical (unpaired) electrons. The van der Waals surface area contributed by atoms with Gasteiger partial charge in [0.25, 0.3) is 0 Å². The Morgan fingerprint density at radius 3 is 2.03 bits per heavy atom. The Bertz CT molecular complexity index is 849. The Hall–Kier alpha value is -3.51. The summed E-state index contributed by atoms with van der Waals surface area (Å²) >= 11 is 0. The third-order valence-electron chi connectivity index (χ3n) is 4.96. The maximum absolute atomic E-state index is 13.1. The van der Waals surface area contributed by atoms with Crippen LogP contribution < -0.4 is 27.4 Å². The van der Waals surface area contributed by atoms with E-state index in [0.717, 1.165) is 0 Å². The number of amides is 3. The molecule has 0 spiro atoms. The van der Waals surface area contributed by atoms with Crippen LogP contribution in [0.4, 0.5) is 0 Å².